The summed E-state index contributed by atoms with van der Waals surface area (Å²) in [6, 6.07) is 2.09. The van der Waals surface area contributed by atoms with Gasteiger partial charge in [-0.2, -0.15) is 5.10 Å². The third-order valence-electron chi connectivity index (χ3n) is 4.57. The number of aliphatic imine (C=N–C) groups is 1. The maximum atomic E-state index is 12.1. The molecule has 1 aliphatic rings. The van der Waals surface area contributed by atoms with Crippen LogP contribution in [0, 0.1) is 19.8 Å². The zero-order valence-corrected chi connectivity index (χ0v) is 16.6. The number of likely N-dealkylation sites (tertiary alicyclic amines) is 1. The van der Waals surface area contributed by atoms with E-state index >= 15 is 0 Å². The van der Waals surface area contributed by atoms with E-state index in [1.165, 1.54) is 5.69 Å². The summed E-state index contributed by atoms with van der Waals surface area (Å²) in [6.07, 6.45) is 2.82. The van der Waals surface area contributed by atoms with E-state index in [9.17, 15) is 4.79 Å². The molecule has 146 valence electrons. The van der Waals surface area contributed by atoms with Crippen LogP contribution in [0.4, 0.5) is 0 Å². The van der Waals surface area contributed by atoms with Crippen LogP contribution in [0.3, 0.4) is 0 Å². The highest BCUT2D eigenvalue weighted by molar-refractivity contribution is 5.81. The Morgan fingerprint density at radius 1 is 1.42 bits per heavy atom. The molecular weight excluding hydrogens is 330 g/mol. The van der Waals surface area contributed by atoms with Crippen molar-refractivity contribution in [2.45, 2.75) is 53.5 Å². The minimum absolute atomic E-state index is 0.0535. The van der Waals surface area contributed by atoms with E-state index in [1.54, 1.807) is 0 Å². The standard InChI is InChI=1S/C19H33N5O2/c1-5-20-19(21-10-8-12-24-16(4)13-15(3)22-24)23-11-7-9-17(14-23)18(25)26-6-2/h13,17H,5-12,14H2,1-4H3,(H,20,21). The van der Waals surface area contributed by atoms with Crippen LogP contribution < -0.4 is 5.32 Å². The molecule has 7 heteroatoms. The van der Waals surface area contributed by atoms with E-state index in [-0.39, 0.29) is 11.9 Å². The number of carbonyl (C=O) groups is 1. The molecule has 0 saturated carbocycles. The number of ether oxygens (including phenoxy) is 1. The largest absolute Gasteiger partial charge is 0.466 e. The highest BCUT2D eigenvalue weighted by Gasteiger charge is 2.28. The minimum Gasteiger partial charge on any atom is -0.466 e. The Hall–Kier alpha value is -2.05. The number of rotatable bonds is 7. The topological polar surface area (TPSA) is 71.8 Å². The fourth-order valence-corrected chi connectivity index (χ4v) is 3.35. The van der Waals surface area contributed by atoms with Gasteiger partial charge < -0.3 is 15.0 Å². The molecule has 1 atom stereocenters. The molecule has 0 aliphatic carbocycles. The maximum Gasteiger partial charge on any atom is 0.310 e. The van der Waals surface area contributed by atoms with Crippen molar-refractivity contribution >= 4 is 11.9 Å². The van der Waals surface area contributed by atoms with E-state index in [2.05, 4.69) is 35.2 Å². The molecule has 1 aromatic rings. The fourth-order valence-electron chi connectivity index (χ4n) is 3.35. The molecular formula is C19H33N5O2. The lowest BCUT2D eigenvalue weighted by atomic mass is 9.98. The van der Waals surface area contributed by atoms with Gasteiger partial charge in [-0.15, -0.1) is 0 Å². The lowest BCUT2D eigenvalue weighted by molar-refractivity contribution is -0.149. The molecule has 1 unspecified atom stereocenters. The molecule has 0 aromatic carbocycles. The summed E-state index contributed by atoms with van der Waals surface area (Å²) >= 11 is 0. The van der Waals surface area contributed by atoms with Gasteiger partial charge in [-0.05, 0) is 53.0 Å². The van der Waals surface area contributed by atoms with Crippen molar-refractivity contribution in [3.63, 3.8) is 0 Å². The number of nitrogens with one attached hydrogen (secondary N) is 1. The SMILES string of the molecule is CCNC(=NCCCn1nc(C)cc1C)N1CCCC(C(=O)OCC)C1. The molecule has 1 saturated heterocycles. The van der Waals surface area contributed by atoms with Gasteiger partial charge in [0.15, 0.2) is 5.96 Å². The number of carbonyl (C=O) groups excluding carboxylic acids is 1. The Kier molecular flexibility index (Phi) is 7.94. The van der Waals surface area contributed by atoms with Gasteiger partial charge in [0, 0.05) is 38.4 Å². The fraction of sp³-hybridized carbons (Fsp3) is 0.737. The van der Waals surface area contributed by atoms with Crippen LogP contribution in [0.1, 0.15) is 44.5 Å². The third kappa shape index (κ3) is 5.75. The van der Waals surface area contributed by atoms with E-state index in [0.717, 1.165) is 57.1 Å². The van der Waals surface area contributed by atoms with Crippen molar-refractivity contribution in [1.82, 2.24) is 20.0 Å². The number of piperidine rings is 1. The predicted octanol–water partition coefficient (Wildman–Crippen LogP) is 2.13. The first-order chi connectivity index (χ1) is 12.5. The summed E-state index contributed by atoms with van der Waals surface area (Å²) < 4.78 is 7.23. The van der Waals surface area contributed by atoms with Crippen molar-refractivity contribution in [1.29, 1.82) is 0 Å². The molecule has 7 nitrogen and oxygen atoms in total. The number of nitrogens with zero attached hydrogens (tertiary/aromatic N) is 4. The Morgan fingerprint density at radius 2 is 2.23 bits per heavy atom. The van der Waals surface area contributed by atoms with Crippen LogP contribution in [-0.2, 0) is 16.1 Å². The number of hydrogen-bond donors (Lipinski definition) is 1. The molecule has 1 aliphatic heterocycles. The van der Waals surface area contributed by atoms with Gasteiger partial charge in [-0.1, -0.05) is 0 Å². The molecule has 2 heterocycles. The molecule has 1 aromatic heterocycles. The van der Waals surface area contributed by atoms with Crippen LogP contribution in [0.2, 0.25) is 0 Å². The van der Waals surface area contributed by atoms with Crippen LogP contribution in [0.15, 0.2) is 11.1 Å². The van der Waals surface area contributed by atoms with Crippen molar-refractivity contribution in [3.05, 3.63) is 17.5 Å². The van der Waals surface area contributed by atoms with Crippen molar-refractivity contribution in [2.75, 3.05) is 32.8 Å². The molecule has 0 amide bonds. The van der Waals surface area contributed by atoms with Crippen molar-refractivity contribution < 1.29 is 9.53 Å². The lowest BCUT2D eigenvalue weighted by Gasteiger charge is -2.34. The molecule has 1 fully saturated rings. The number of hydrogen-bond acceptors (Lipinski definition) is 4. The average molecular weight is 364 g/mol. The zero-order valence-electron chi connectivity index (χ0n) is 16.6. The van der Waals surface area contributed by atoms with E-state index in [4.69, 9.17) is 9.73 Å². The Labute approximate surface area is 156 Å². The van der Waals surface area contributed by atoms with Crippen LogP contribution in [0.5, 0.6) is 0 Å². The first kappa shape index (κ1) is 20.3. The van der Waals surface area contributed by atoms with Gasteiger partial charge in [-0.3, -0.25) is 14.5 Å². The van der Waals surface area contributed by atoms with Gasteiger partial charge in [0.2, 0.25) is 0 Å². The van der Waals surface area contributed by atoms with Crippen LogP contribution in [-0.4, -0.2) is 59.4 Å². The smallest absolute Gasteiger partial charge is 0.310 e. The van der Waals surface area contributed by atoms with Gasteiger partial charge in [0.25, 0.3) is 0 Å². The first-order valence-electron chi connectivity index (χ1n) is 9.76. The second-order valence-electron chi connectivity index (χ2n) is 6.78. The highest BCUT2D eigenvalue weighted by Crippen LogP contribution is 2.18. The van der Waals surface area contributed by atoms with Gasteiger partial charge >= 0.3 is 5.97 Å². The van der Waals surface area contributed by atoms with Crippen LogP contribution in [0.25, 0.3) is 0 Å². The monoisotopic (exact) mass is 363 g/mol. The molecule has 2 rings (SSSR count). The number of guanidine groups is 1. The van der Waals surface area contributed by atoms with E-state index in [0.29, 0.717) is 13.2 Å². The summed E-state index contributed by atoms with van der Waals surface area (Å²) in [4.78, 5) is 19.0. The number of aryl methyl sites for hydroxylation is 3. The Bertz CT molecular complexity index is 611. The molecule has 0 spiro atoms. The van der Waals surface area contributed by atoms with Crippen LogP contribution >= 0.6 is 0 Å². The van der Waals surface area contributed by atoms with Crippen molar-refractivity contribution in [3.8, 4) is 0 Å². The third-order valence-corrected chi connectivity index (χ3v) is 4.57. The first-order valence-corrected chi connectivity index (χ1v) is 9.76. The van der Waals surface area contributed by atoms with E-state index in [1.807, 2.05) is 18.5 Å². The normalized spacial score (nSPS) is 18.1. The second kappa shape index (κ2) is 10.2. The Morgan fingerprint density at radius 3 is 2.88 bits per heavy atom. The van der Waals surface area contributed by atoms with Gasteiger partial charge in [-0.25, -0.2) is 0 Å². The zero-order chi connectivity index (χ0) is 18.9. The average Bonchev–Trinajstić information content (AvgIpc) is 2.95. The molecule has 0 radical (unpaired) electrons. The summed E-state index contributed by atoms with van der Waals surface area (Å²) in [5.41, 5.74) is 2.24. The number of aromatic nitrogens is 2. The Balaban J connectivity index is 1.90. The van der Waals surface area contributed by atoms with E-state index < -0.39 is 0 Å². The van der Waals surface area contributed by atoms with Gasteiger partial charge in [0.1, 0.15) is 0 Å². The summed E-state index contributed by atoms with van der Waals surface area (Å²) in [5, 5.41) is 7.85. The van der Waals surface area contributed by atoms with Gasteiger partial charge in [0.05, 0.1) is 18.2 Å². The second-order valence-corrected chi connectivity index (χ2v) is 6.78. The summed E-state index contributed by atoms with van der Waals surface area (Å²) in [5.74, 6) is 0.759. The maximum absolute atomic E-state index is 12.1. The summed E-state index contributed by atoms with van der Waals surface area (Å²) in [6.45, 7) is 12.5. The quantitative estimate of drug-likeness (QED) is 0.348. The predicted molar refractivity (Wildman–Crippen MR) is 103 cm³/mol. The highest BCUT2D eigenvalue weighted by atomic mass is 16.5. The summed E-state index contributed by atoms with van der Waals surface area (Å²) in [7, 11) is 0. The molecule has 1 N–H and O–H groups in total. The molecule has 0 bridgehead atoms. The lowest BCUT2D eigenvalue weighted by Crippen LogP contribution is -2.48. The minimum atomic E-state index is -0.0856. The number of esters is 1. The molecule has 26 heavy (non-hydrogen) atoms. The van der Waals surface area contributed by atoms with Crippen molar-refractivity contribution in [2.24, 2.45) is 10.9 Å².